The van der Waals surface area contributed by atoms with Crippen molar-refractivity contribution in [2.24, 2.45) is 11.8 Å². The molecule has 0 fully saturated rings. The summed E-state index contributed by atoms with van der Waals surface area (Å²) in [5.74, 6) is -2.97. The number of hydrogen-bond acceptors (Lipinski definition) is 8. The van der Waals surface area contributed by atoms with Gasteiger partial charge >= 0.3 is 23.9 Å². The Hall–Kier alpha value is -4.19. The molecule has 0 saturated heterocycles. The third kappa shape index (κ3) is 12.1. The molecule has 9 nitrogen and oxygen atoms in total. The summed E-state index contributed by atoms with van der Waals surface area (Å²) < 4.78 is 21.2. The predicted molar refractivity (Wildman–Crippen MR) is 158 cm³/mol. The third-order valence-electron chi connectivity index (χ3n) is 6.35. The molecule has 2 atom stereocenters. The van der Waals surface area contributed by atoms with E-state index >= 15 is 0 Å². The highest BCUT2D eigenvalue weighted by Gasteiger charge is 2.34. The van der Waals surface area contributed by atoms with Crippen molar-refractivity contribution in [3.63, 3.8) is 0 Å². The molecule has 0 heterocycles. The molecule has 9 heteroatoms. The maximum Gasteiger partial charge on any atom is 0.311 e. The summed E-state index contributed by atoms with van der Waals surface area (Å²) in [4.78, 5) is 52.8. The van der Waals surface area contributed by atoms with Gasteiger partial charge in [-0.25, -0.2) is 4.85 Å². The number of hydrogen-bond donors (Lipinski definition) is 0. The molecule has 42 heavy (non-hydrogen) atoms. The van der Waals surface area contributed by atoms with Crippen LogP contribution in [0.25, 0.3) is 16.0 Å². The number of carbonyl (C=O) groups excluding carboxylic acids is 4. The number of benzene rings is 2. The van der Waals surface area contributed by atoms with E-state index in [1.807, 2.05) is 24.3 Å². The standard InChI is InChI=1S/C33H41NO8/c1-22(2)40-32(37)24(5)29(33(38)41-23(3)4)19-20-30(35)39-21-9-7-8-10-31(36)42-28-17-13-26(14-18-28)25-11-15-27(34-6)16-12-25/h11-18,22-24,29H,7-10,19-21H2,1-5H3. The van der Waals surface area contributed by atoms with E-state index in [-0.39, 0.29) is 44.0 Å². The molecule has 2 aromatic rings. The lowest BCUT2D eigenvalue weighted by atomic mass is 9.89. The molecule has 2 rings (SSSR count). The van der Waals surface area contributed by atoms with E-state index in [1.165, 1.54) is 0 Å². The minimum Gasteiger partial charge on any atom is -0.466 e. The van der Waals surface area contributed by atoms with E-state index in [9.17, 15) is 19.2 Å². The van der Waals surface area contributed by atoms with Crippen molar-refractivity contribution in [3.05, 3.63) is 59.9 Å². The van der Waals surface area contributed by atoms with Gasteiger partial charge in [0.05, 0.1) is 37.2 Å². The maximum absolute atomic E-state index is 12.6. The highest BCUT2D eigenvalue weighted by Crippen LogP contribution is 2.25. The quantitative estimate of drug-likeness (QED) is 0.0698. The van der Waals surface area contributed by atoms with Crippen LogP contribution >= 0.6 is 0 Å². The van der Waals surface area contributed by atoms with E-state index in [4.69, 9.17) is 25.5 Å². The topological polar surface area (TPSA) is 110 Å². The molecule has 226 valence electrons. The first-order chi connectivity index (χ1) is 20.0. The molecule has 0 aliphatic carbocycles. The number of esters is 4. The monoisotopic (exact) mass is 579 g/mol. The molecule has 0 aliphatic heterocycles. The first-order valence-electron chi connectivity index (χ1n) is 14.3. The second-order valence-electron chi connectivity index (χ2n) is 10.6. The van der Waals surface area contributed by atoms with E-state index in [0.29, 0.717) is 30.7 Å². The van der Waals surface area contributed by atoms with Crippen LogP contribution in [0.4, 0.5) is 5.69 Å². The Morgan fingerprint density at radius 1 is 0.714 bits per heavy atom. The Balaban J connectivity index is 1.68. The van der Waals surface area contributed by atoms with E-state index in [1.54, 1.807) is 58.9 Å². The highest BCUT2D eigenvalue weighted by atomic mass is 16.6. The average molecular weight is 580 g/mol. The molecule has 0 bridgehead atoms. The Labute approximate surface area is 248 Å². The van der Waals surface area contributed by atoms with Gasteiger partial charge in [-0.3, -0.25) is 19.2 Å². The largest absolute Gasteiger partial charge is 0.466 e. The predicted octanol–water partition coefficient (Wildman–Crippen LogP) is 6.85. The molecule has 0 saturated carbocycles. The Morgan fingerprint density at radius 2 is 1.29 bits per heavy atom. The Bertz CT molecular complexity index is 1210. The van der Waals surface area contributed by atoms with Gasteiger partial charge in [-0.15, -0.1) is 0 Å². The van der Waals surface area contributed by atoms with Gasteiger partial charge in [-0.1, -0.05) is 43.3 Å². The van der Waals surface area contributed by atoms with Gasteiger partial charge in [0, 0.05) is 12.8 Å². The summed E-state index contributed by atoms with van der Waals surface area (Å²) >= 11 is 0. The zero-order valence-electron chi connectivity index (χ0n) is 25.1. The van der Waals surface area contributed by atoms with E-state index in [0.717, 1.165) is 11.1 Å². The smallest absolute Gasteiger partial charge is 0.311 e. The van der Waals surface area contributed by atoms with Crippen LogP contribution in [0.3, 0.4) is 0 Å². The highest BCUT2D eigenvalue weighted by molar-refractivity contribution is 5.82. The maximum atomic E-state index is 12.6. The van der Waals surface area contributed by atoms with Crippen LogP contribution in [0.2, 0.25) is 0 Å². The van der Waals surface area contributed by atoms with Crippen LogP contribution in [-0.4, -0.2) is 42.7 Å². The Kier molecular flexibility index (Phi) is 14.2. The average Bonchev–Trinajstić information content (AvgIpc) is 2.94. The third-order valence-corrected chi connectivity index (χ3v) is 6.35. The van der Waals surface area contributed by atoms with Gasteiger partial charge in [0.2, 0.25) is 0 Å². The van der Waals surface area contributed by atoms with E-state index < -0.39 is 29.7 Å². The van der Waals surface area contributed by atoms with Gasteiger partial charge in [0.1, 0.15) is 5.75 Å². The van der Waals surface area contributed by atoms with Gasteiger partial charge in [-0.05, 0) is 76.6 Å². The van der Waals surface area contributed by atoms with E-state index in [2.05, 4.69) is 4.85 Å². The van der Waals surface area contributed by atoms with Crippen LogP contribution in [0.1, 0.15) is 73.1 Å². The van der Waals surface area contributed by atoms with Crippen LogP contribution in [0.15, 0.2) is 48.5 Å². The summed E-state index contributed by atoms with van der Waals surface area (Å²) in [6.45, 7) is 15.7. The molecule has 0 radical (unpaired) electrons. The molecule has 2 aromatic carbocycles. The molecule has 0 aromatic heterocycles. The van der Waals surface area contributed by atoms with Crippen molar-refractivity contribution in [1.29, 1.82) is 0 Å². The summed E-state index contributed by atoms with van der Waals surface area (Å²) in [5, 5.41) is 0. The van der Waals surface area contributed by atoms with Crippen molar-refractivity contribution >= 4 is 29.6 Å². The van der Waals surface area contributed by atoms with Crippen molar-refractivity contribution in [3.8, 4) is 16.9 Å². The Morgan fingerprint density at radius 3 is 1.86 bits per heavy atom. The second-order valence-corrected chi connectivity index (χ2v) is 10.6. The molecular weight excluding hydrogens is 538 g/mol. The van der Waals surface area contributed by atoms with Gasteiger partial charge < -0.3 is 18.9 Å². The number of rotatable bonds is 16. The zero-order valence-corrected chi connectivity index (χ0v) is 25.1. The van der Waals surface area contributed by atoms with Crippen molar-refractivity contribution in [2.45, 2.75) is 85.4 Å². The van der Waals surface area contributed by atoms with Crippen molar-refractivity contribution < 1.29 is 38.1 Å². The molecule has 0 amide bonds. The van der Waals surface area contributed by atoms with Crippen molar-refractivity contribution in [2.75, 3.05) is 6.61 Å². The summed E-state index contributed by atoms with van der Waals surface area (Å²) in [5.41, 5.74) is 2.50. The van der Waals surface area contributed by atoms with Crippen molar-refractivity contribution in [1.82, 2.24) is 0 Å². The second kappa shape index (κ2) is 17.6. The number of carbonyl (C=O) groups is 4. The van der Waals surface area contributed by atoms with Gasteiger partial charge in [-0.2, -0.15) is 0 Å². The SMILES string of the molecule is [C-]#[N+]c1ccc(-c2ccc(OC(=O)CCCCCOC(=O)CCC(C(=O)OC(C)C)C(C)C(=O)OC(C)C)cc2)cc1. The lowest BCUT2D eigenvalue weighted by Gasteiger charge is -2.23. The number of unbranched alkanes of at least 4 members (excludes halogenated alkanes) is 2. The lowest BCUT2D eigenvalue weighted by molar-refractivity contribution is -0.165. The van der Waals surface area contributed by atoms with Gasteiger partial charge in [0.15, 0.2) is 5.69 Å². The fourth-order valence-corrected chi connectivity index (χ4v) is 4.10. The summed E-state index contributed by atoms with van der Waals surface area (Å²) in [7, 11) is 0. The fourth-order valence-electron chi connectivity index (χ4n) is 4.10. The summed E-state index contributed by atoms with van der Waals surface area (Å²) in [6, 6.07) is 14.4. The first-order valence-corrected chi connectivity index (χ1v) is 14.3. The molecule has 2 unspecified atom stereocenters. The molecule has 0 aliphatic rings. The summed E-state index contributed by atoms with van der Waals surface area (Å²) in [6.07, 6.45) is 1.48. The first kappa shape index (κ1) is 34.0. The normalized spacial score (nSPS) is 12.2. The van der Waals surface area contributed by atoms with Crippen LogP contribution in [0, 0.1) is 18.4 Å². The molecule has 0 N–H and O–H groups in total. The minimum atomic E-state index is -0.814. The molecular formula is C33H41NO8. The zero-order chi connectivity index (χ0) is 31.1. The van der Waals surface area contributed by atoms with Gasteiger partial charge in [0.25, 0.3) is 0 Å². The van der Waals surface area contributed by atoms with Crippen LogP contribution in [0.5, 0.6) is 5.75 Å². The number of ether oxygens (including phenoxy) is 4. The molecule has 0 spiro atoms. The van der Waals surface area contributed by atoms with Crippen LogP contribution in [-0.2, 0) is 33.4 Å². The fraction of sp³-hybridized carbons (Fsp3) is 0.485. The van der Waals surface area contributed by atoms with Crippen LogP contribution < -0.4 is 4.74 Å². The number of nitrogens with zero attached hydrogens (tertiary/aromatic N) is 1. The lowest BCUT2D eigenvalue weighted by Crippen LogP contribution is -2.33. The minimum absolute atomic E-state index is 0.0332.